The molecule has 0 aromatic rings. The topological polar surface area (TPSA) is 39.7 Å². The largest absolute Gasteiger partial charge is 0.377 e. The highest BCUT2D eigenvalue weighted by molar-refractivity contribution is 4.62. The molecule has 12 heavy (non-hydrogen) atoms. The van der Waals surface area contributed by atoms with Crippen LogP contribution in [-0.2, 0) is 14.3 Å². The van der Waals surface area contributed by atoms with Gasteiger partial charge in [0, 0.05) is 0 Å². The summed E-state index contributed by atoms with van der Waals surface area (Å²) in [5.41, 5.74) is 2.91. The van der Waals surface area contributed by atoms with Crippen LogP contribution in [0.4, 0.5) is 0 Å². The van der Waals surface area contributed by atoms with E-state index in [9.17, 15) is 0 Å². The zero-order valence-corrected chi connectivity index (χ0v) is 7.71. The van der Waals surface area contributed by atoms with Crippen molar-refractivity contribution in [3.8, 4) is 0 Å². The van der Waals surface area contributed by atoms with Crippen molar-refractivity contribution in [2.24, 2.45) is 0 Å². The van der Waals surface area contributed by atoms with E-state index in [4.69, 9.17) is 14.3 Å². The van der Waals surface area contributed by atoms with Gasteiger partial charge in [0.15, 0.2) is 0 Å². The molecule has 1 aliphatic rings. The van der Waals surface area contributed by atoms with Gasteiger partial charge in [0.2, 0.25) is 0 Å². The van der Waals surface area contributed by atoms with E-state index in [1.54, 1.807) is 0 Å². The van der Waals surface area contributed by atoms with E-state index in [2.05, 4.69) is 5.48 Å². The van der Waals surface area contributed by atoms with Gasteiger partial charge >= 0.3 is 0 Å². The monoisotopic (exact) mass is 175 g/mol. The molecule has 1 heterocycles. The molecule has 0 aliphatic carbocycles. The van der Waals surface area contributed by atoms with E-state index in [0.29, 0.717) is 26.4 Å². The molecule has 0 spiro atoms. The van der Waals surface area contributed by atoms with Crippen molar-refractivity contribution in [3.63, 3.8) is 0 Å². The molecule has 1 fully saturated rings. The van der Waals surface area contributed by atoms with Crippen LogP contribution in [0.3, 0.4) is 0 Å². The second-order valence-corrected chi connectivity index (χ2v) is 3.13. The zero-order chi connectivity index (χ0) is 8.81. The third-order valence-electron chi connectivity index (χ3n) is 1.48. The van der Waals surface area contributed by atoms with Gasteiger partial charge in [-0.15, -0.1) is 0 Å². The average molecular weight is 175 g/mol. The maximum Gasteiger partial charge on any atom is 0.0789 e. The molecule has 1 aliphatic heterocycles. The Hall–Kier alpha value is -0.160. The summed E-state index contributed by atoms with van der Waals surface area (Å²) in [4.78, 5) is 5.23. The summed E-state index contributed by atoms with van der Waals surface area (Å²) in [5, 5.41) is 0. The lowest BCUT2D eigenvalue weighted by Gasteiger charge is -2.16. The normalized spacial score (nSPS) is 21.2. The van der Waals surface area contributed by atoms with E-state index in [-0.39, 0.29) is 12.1 Å². The van der Waals surface area contributed by atoms with E-state index in [1.807, 2.05) is 13.8 Å². The first-order valence-corrected chi connectivity index (χ1v) is 4.35. The molecule has 72 valence electrons. The second-order valence-electron chi connectivity index (χ2n) is 3.13. The molecule has 0 amide bonds. The van der Waals surface area contributed by atoms with Crippen molar-refractivity contribution in [1.82, 2.24) is 5.48 Å². The van der Waals surface area contributed by atoms with Crippen molar-refractivity contribution in [3.05, 3.63) is 0 Å². The standard InChI is InChI=1S/C8H17NO3/c1-7(2)12-9-8-5-10-3-4-11-6-8/h7-9H,3-6H2,1-2H3. The summed E-state index contributed by atoms with van der Waals surface area (Å²) < 4.78 is 10.5. The number of ether oxygens (including phenoxy) is 2. The molecular weight excluding hydrogens is 158 g/mol. The van der Waals surface area contributed by atoms with Crippen LogP contribution >= 0.6 is 0 Å². The van der Waals surface area contributed by atoms with E-state index < -0.39 is 0 Å². The highest BCUT2D eigenvalue weighted by Crippen LogP contribution is 1.95. The fourth-order valence-electron chi connectivity index (χ4n) is 0.917. The van der Waals surface area contributed by atoms with Crippen molar-refractivity contribution in [2.45, 2.75) is 26.0 Å². The first-order chi connectivity index (χ1) is 5.79. The Kier molecular flexibility index (Phi) is 4.53. The Morgan fingerprint density at radius 3 is 2.33 bits per heavy atom. The van der Waals surface area contributed by atoms with Crippen molar-refractivity contribution in [1.29, 1.82) is 0 Å². The van der Waals surface area contributed by atoms with Crippen molar-refractivity contribution in [2.75, 3.05) is 26.4 Å². The van der Waals surface area contributed by atoms with Gasteiger partial charge in [0.1, 0.15) is 0 Å². The van der Waals surface area contributed by atoms with Crippen LogP contribution in [0.15, 0.2) is 0 Å². The summed E-state index contributed by atoms with van der Waals surface area (Å²) in [5.74, 6) is 0. The highest BCUT2D eigenvalue weighted by Gasteiger charge is 2.12. The lowest BCUT2D eigenvalue weighted by Crippen LogP contribution is -2.37. The Balaban J connectivity index is 2.12. The highest BCUT2D eigenvalue weighted by atomic mass is 16.7. The second kappa shape index (κ2) is 5.48. The van der Waals surface area contributed by atoms with E-state index >= 15 is 0 Å². The van der Waals surface area contributed by atoms with Crippen LogP contribution in [-0.4, -0.2) is 38.6 Å². The molecule has 0 unspecified atom stereocenters. The Bertz CT molecular complexity index is 111. The SMILES string of the molecule is CC(C)ONC1COCCOC1. The summed E-state index contributed by atoms with van der Waals surface area (Å²) in [7, 11) is 0. The molecular formula is C8H17NO3. The number of hydrogen-bond acceptors (Lipinski definition) is 4. The van der Waals surface area contributed by atoms with Crippen LogP contribution < -0.4 is 5.48 Å². The van der Waals surface area contributed by atoms with Gasteiger partial charge in [-0.25, -0.2) is 0 Å². The summed E-state index contributed by atoms with van der Waals surface area (Å²) >= 11 is 0. The van der Waals surface area contributed by atoms with Crippen molar-refractivity contribution >= 4 is 0 Å². The van der Waals surface area contributed by atoms with Gasteiger partial charge in [0.05, 0.1) is 38.6 Å². The minimum absolute atomic E-state index is 0.162. The predicted molar refractivity (Wildman–Crippen MR) is 44.8 cm³/mol. The lowest BCUT2D eigenvalue weighted by atomic mass is 10.4. The number of hydroxylamine groups is 1. The average Bonchev–Trinajstić information content (AvgIpc) is 2.28. The molecule has 1 saturated heterocycles. The Morgan fingerprint density at radius 1 is 1.25 bits per heavy atom. The van der Waals surface area contributed by atoms with Crippen molar-refractivity contribution < 1.29 is 14.3 Å². The molecule has 0 atom stereocenters. The van der Waals surface area contributed by atoms with Gasteiger partial charge in [-0.2, -0.15) is 5.48 Å². The molecule has 0 bridgehead atoms. The third-order valence-corrected chi connectivity index (χ3v) is 1.48. The molecule has 0 aromatic carbocycles. The number of nitrogens with one attached hydrogen (secondary N) is 1. The van der Waals surface area contributed by atoms with Crippen LogP contribution in [0.25, 0.3) is 0 Å². The zero-order valence-electron chi connectivity index (χ0n) is 7.71. The van der Waals surface area contributed by atoms with Crippen LogP contribution in [0, 0.1) is 0 Å². The van der Waals surface area contributed by atoms with Gasteiger partial charge in [-0.3, -0.25) is 4.84 Å². The fraction of sp³-hybridized carbons (Fsp3) is 1.00. The quantitative estimate of drug-likeness (QED) is 0.627. The third kappa shape index (κ3) is 4.01. The van der Waals surface area contributed by atoms with Crippen LogP contribution in [0.2, 0.25) is 0 Å². The molecule has 0 saturated carbocycles. The van der Waals surface area contributed by atoms with E-state index in [1.165, 1.54) is 0 Å². The van der Waals surface area contributed by atoms with Crippen LogP contribution in [0.1, 0.15) is 13.8 Å². The summed E-state index contributed by atoms with van der Waals surface area (Å²) in [6, 6.07) is 0.162. The molecule has 1 N–H and O–H groups in total. The Morgan fingerprint density at radius 2 is 1.83 bits per heavy atom. The molecule has 4 heteroatoms. The van der Waals surface area contributed by atoms with Gasteiger partial charge in [0.25, 0.3) is 0 Å². The first kappa shape index (κ1) is 9.92. The van der Waals surface area contributed by atoms with Gasteiger partial charge in [-0.05, 0) is 13.8 Å². The minimum atomic E-state index is 0.162. The van der Waals surface area contributed by atoms with Gasteiger partial charge < -0.3 is 9.47 Å². The molecule has 4 nitrogen and oxygen atoms in total. The smallest absolute Gasteiger partial charge is 0.0789 e. The molecule has 0 radical (unpaired) electrons. The minimum Gasteiger partial charge on any atom is -0.377 e. The summed E-state index contributed by atoms with van der Waals surface area (Å²) in [6.07, 6.45) is 0.188. The maximum atomic E-state index is 5.27. The predicted octanol–water partition coefficient (Wildman–Crippen LogP) is 0.331. The molecule has 1 rings (SSSR count). The summed E-state index contributed by atoms with van der Waals surface area (Å²) in [6.45, 7) is 6.63. The maximum absolute atomic E-state index is 5.27. The molecule has 0 aromatic heterocycles. The van der Waals surface area contributed by atoms with Crippen LogP contribution in [0.5, 0.6) is 0 Å². The van der Waals surface area contributed by atoms with Gasteiger partial charge in [-0.1, -0.05) is 0 Å². The first-order valence-electron chi connectivity index (χ1n) is 4.35. The Labute approximate surface area is 73.1 Å². The lowest BCUT2D eigenvalue weighted by molar-refractivity contribution is -0.0470. The number of rotatable bonds is 3. The fourth-order valence-corrected chi connectivity index (χ4v) is 0.917. The van der Waals surface area contributed by atoms with E-state index in [0.717, 1.165) is 0 Å². The number of hydrogen-bond donors (Lipinski definition) is 1.